The lowest BCUT2D eigenvalue weighted by Crippen LogP contribution is -2.61. The van der Waals surface area contributed by atoms with E-state index in [4.69, 9.17) is 22.7 Å². The second kappa shape index (κ2) is 6.38. The van der Waals surface area contributed by atoms with E-state index in [2.05, 4.69) is 10.3 Å². The van der Waals surface area contributed by atoms with Crippen molar-refractivity contribution in [3.05, 3.63) is 29.8 Å². The van der Waals surface area contributed by atoms with E-state index in [1.54, 1.807) is 0 Å². The highest BCUT2D eigenvalue weighted by Gasteiger charge is 2.53. The largest absolute Gasteiger partial charge is 0.375 e. The minimum absolute atomic E-state index is 0.0529. The molecular weight excluding hydrogens is 336 g/mol. The van der Waals surface area contributed by atoms with Crippen molar-refractivity contribution in [3.8, 4) is 0 Å². The molecule has 3 N–H and O–H groups in total. The zero-order valence-electron chi connectivity index (χ0n) is 14.8. The molecule has 0 aliphatic carbocycles. The van der Waals surface area contributed by atoms with Crippen molar-refractivity contribution in [2.45, 2.75) is 44.8 Å². The molecule has 1 aromatic rings. The van der Waals surface area contributed by atoms with Crippen LogP contribution in [0.4, 0.5) is 5.69 Å². The number of benzene rings is 1. The number of carbonyl (C=O) groups is 1. The maximum Gasteiger partial charge on any atom is 0.237 e. The lowest BCUT2D eigenvalue weighted by atomic mass is 9.79. The molecule has 0 aromatic heterocycles. The molecule has 1 amide bonds. The van der Waals surface area contributed by atoms with E-state index in [-0.39, 0.29) is 12.1 Å². The molecule has 0 saturated carbocycles. The van der Waals surface area contributed by atoms with Crippen LogP contribution in [0.2, 0.25) is 0 Å². The maximum absolute atomic E-state index is 11.6. The summed E-state index contributed by atoms with van der Waals surface area (Å²) in [7, 11) is 0. The molecule has 1 spiro atoms. The first-order valence-electron chi connectivity index (χ1n) is 8.39. The molecule has 3 rings (SSSR count). The smallest absolute Gasteiger partial charge is 0.237 e. The highest BCUT2D eigenvalue weighted by Crippen LogP contribution is 2.41. The number of ether oxygens (including phenoxy) is 1. The van der Waals surface area contributed by atoms with Gasteiger partial charge in [-0.15, -0.1) is 0 Å². The molecule has 0 bridgehead atoms. The number of hydrogen-bond donors (Lipinski definition) is 2. The molecule has 0 unspecified atom stereocenters. The summed E-state index contributed by atoms with van der Waals surface area (Å²) in [5, 5.41) is 3.85. The Hall–Kier alpha value is -1.99. The summed E-state index contributed by atoms with van der Waals surface area (Å²) in [4.78, 5) is 18.1. The molecule has 25 heavy (non-hydrogen) atoms. The molecule has 7 heteroatoms. The number of rotatable bonds is 3. The summed E-state index contributed by atoms with van der Waals surface area (Å²) in [6, 6.07) is 8.02. The number of amides is 1. The lowest BCUT2D eigenvalue weighted by Gasteiger charge is -2.48. The second-order valence-corrected chi connectivity index (χ2v) is 7.67. The van der Waals surface area contributed by atoms with Gasteiger partial charge in [0.15, 0.2) is 5.11 Å². The molecule has 1 aromatic carbocycles. The third-order valence-corrected chi connectivity index (χ3v) is 5.15. The normalized spacial score (nSPS) is 25.2. The van der Waals surface area contributed by atoms with Gasteiger partial charge in [-0.3, -0.25) is 4.79 Å². The lowest BCUT2D eigenvalue weighted by molar-refractivity contribution is -0.121. The fraction of sp³-hybridized carbons (Fsp3) is 0.500. The van der Waals surface area contributed by atoms with Gasteiger partial charge in [0, 0.05) is 25.1 Å². The molecule has 1 atom stereocenters. The van der Waals surface area contributed by atoms with Crippen molar-refractivity contribution >= 4 is 34.8 Å². The van der Waals surface area contributed by atoms with E-state index in [0.29, 0.717) is 24.6 Å². The molecule has 1 fully saturated rings. The Kier molecular flexibility index (Phi) is 4.55. The van der Waals surface area contributed by atoms with Crippen LogP contribution in [0.15, 0.2) is 29.3 Å². The Bertz CT molecular complexity index is 746. The molecule has 0 radical (unpaired) electrons. The summed E-state index contributed by atoms with van der Waals surface area (Å²) in [5.41, 5.74) is 6.72. The van der Waals surface area contributed by atoms with Gasteiger partial charge in [-0.05, 0) is 44.6 Å². The van der Waals surface area contributed by atoms with Gasteiger partial charge < -0.3 is 20.7 Å². The number of amidine groups is 1. The number of aliphatic imine (C=N–C) groups is 1. The van der Waals surface area contributed by atoms with E-state index in [1.165, 1.54) is 0 Å². The second-order valence-electron chi connectivity index (χ2n) is 7.30. The van der Waals surface area contributed by atoms with Crippen molar-refractivity contribution in [1.82, 2.24) is 4.90 Å². The molecule has 1 saturated heterocycles. The van der Waals surface area contributed by atoms with Crippen LogP contribution in [-0.2, 0) is 9.53 Å². The van der Waals surface area contributed by atoms with Crippen molar-refractivity contribution in [3.63, 3.8) is 0 Å². The van der Waals surface area contributed by atoms with E-state index < -0.39 is 11.4 Å². The Labute approximate surface area is 153 Å². The third-order valence-electron chi connectivity index (χ3n) is 4.83. The molecule has 134 valence electrons. The standard InChI is InChI=1S/C18H24N4O2S/c1-12-6-4-5-7-13(12)20-15-18(8-9-24-17(2,3)11-18)22(10-14(19)23)16(25)21-15/h4-7H,8-11H2,1-3H3,(H2,19,23)(H,20,21,25)/t18-/m1/s1. The number of anilines is 1. The van der Waals surface area contributed by atoms with Crippen LogP contribution in [0.1, 0.15) is 32.3 Å². The predicted molar refractivity (Wildman–Crippen MR) is 103 cm³/mol. The Morgan fingerprint density at radius 3 is 2.80 bits per heavy atom. The third kappa shape index (κ3) is 3.39. The van der Waals surface area contributed by atoms with Gasteiger partial charge in [0.05, 0.1) is 12.1 Å². The molecular formula is C18H24N4O2S. The van der Waals surface area contributed by atoms with E-state index in [1.807, 2.05) is 49.9 Å². The average molecular weight is 360 g/mol. The zero-order chi connectivity index (χ0) is 18.2. The number of thiocarbonyl (C=S) groups is 1. The van der Waals surface area contributed by atoms with Gasteiger partial charge in [-0.1, -0.05) is 18.2 Å². The highest BCUT2D eigenvalue weighted by atomic mass is 32.1. The predicted octanol–water partition coefficient (Wildman–Crippen LogP) is 2.22. The molecule has 2 heterocycles. The van der Waals surface area contributed by atoms with E-state index >= 15 is 0 Å². The van der Waals surface area contributed by atoms with Crippen molar-refractivity contribution in [1.29, 1.82) is 0 Å². The Morgan fingerprint density at radius 1 is 1.44 bits per heavy atom. The minimum atomic E-state index is -0.504. The van der Waals surface area contributed by atoms with Crippen molar-refractivity contribution < 1.29 is 9.53 Å². The topological polar surface area (TPSA) is 80.0 Å². The Balaban J connectivity index is 2.00. The van der Waals surface area contributed by atoms with E-state index in [0.717, 1.165) is 17.1 Å². The fourth-order valence-corrected chi connectivity index (χ4v) is 4.03. The zero-order valence-corrected chi connectivity index (χ0v) is 15.7. The SMILES string of the molecule is Cc1ccccc1NC1=NC(=S)N(CC(N)=O)[C@@]12CCOC(C)(C)C2. The number of aryl methyl sites for hydroxylation is 1. The number of nitrogens with one attached hydrogen (secondary N) is 1. The highest BCUT2D eigenvalue weighted by molar-refractivity contribution is 7.80. The van der Waals surface area contributed by atoms with Crippen LogP contribution in [0.25, 0.3) is 0 Å². The fourth-order valence-electron chi connectivity index (χ4n) is 3.70. The average Bonchev–Trinajstić information content (AvgIpc) is 2.73. The van der Waals surface area contributed by atoms with E-state index in [9.17, 15) is 4.79 Å². The monoisotopic (exact) mass is 360 g/mol. The van der Waals surface area contributed by atoms with Crippen LogP contribution in [0, 0.1) is 6.92 Å². The van der Waals surface area contributed by atoms with Crippen molar-refractivity contribution in [2.75, 3.05) is 18.5 Å². The summed E-state index contributed by atoms with van der Waals surface area (Å²) in [6.07, 6.45) is 1.37. The van der Waals surface area contributed by atoms with Gasteiger partial charge in [0.1, 0.15) is 11.4 Å². The summed E-state index contributed by atoms with van der Waals surface area (Å²) in [5.74, 6) is 0.350. The van der Waals surface area contributed by atoms with Gasteiger partial charge in [-0.2, -0.15) is 0 Å². The summed E-state index contributed by atoms with van der Waals surface area (Å²) < 4.78 is 5.89. The van der Waals surface area contributed by atoms with Gasteiger partial charge in [0.25, 0.3) is 0 Å². The Morgan fingerprint density at radius 2 is 2.16 bits per heavy atom. The summed E-state index contributed by atoms with van der Waals surface area (Å²) >= 11 is 5.46. The number of primary amides is 1. The first-order valence-corrected chi connectivity index (χ1v) is 8.80. The van der Waals surface area contributed by atoms with Crippen LogP contribution in [0.5, 0.6) is 0 Å². The summed E-state index contributed by atoms with van der Waals surface area (Å²) in [6.45, 7) is 6.75. The first kappa shape index (κ1) is 17.8. The number of hydrogen-bond acceptors (Lipinski definition) is 4. The van der Waals surface area contributed by atoms with Gasteiger partial charge in [0.2, 0.25) is 5.91 Å². The number of nitrogens with two attached hydrogens (primary N) is 1. The van der Waals surface area contributed by atoms with Gasteiger partial charge >= 0.3 is 0 Å². The minimum Gasteiger partial charge on any atom is -0.375 e. The molecule has 2 aliphatic heterocycles. The van der Waals surface area contributed by atoms with Crippen LogP contribution < -0.4 is 11.1 Å². The number of carbonyl (C=O) groups excluding carboxylic acids is 1. The quantitative estimate of drug-likeness (QED) is 0.808. The first-order chi connectivity index (χ1) is 11.7. The molecule has 2 aliphatic rings. The van der Waals surface area contributed by atoms with Crippen LogP contribution >= 0.6 is 12.2 Å². The van der Waals surface area contributed by atoms with Gasteiger partial charge in [-0.25, -0.2) is 4.99 Å². The number of nitrogens with zero attached hydrogens (tertiary/aromatic N) is 2. The molecule has 6 nitrogen and oxygen atoms in total. The van der Waals surface area contributed by atoms with Crippen LogP contribution in [-0.4, -0.2) is 46.0 Å². The van der Waals surface area contributed by atoms with Crippen LogP contribution in [0.3, 0.4) is 0 Å². The number of para-hydroxylation sites is 1. The van der Waals surface area contributed by atoms with Crippen molar-refractivity contribution in [2.24, 2.45) is 10.7 Å². The maximum atomic E-state index is 11.6.